The summed E-state index contributed by atoms with van der Waals surface area (Å²) in [5.41, 5.74) is 8.74. The van der Waals surface area contributed by atoms with Crippen LogP contribution in [0.4, 0.5) is 5.69 Å². The lowest BCUT2D eigenvalue weighted by molar-refractivity contribution is 0.202. The van der Waals surface area contributed by atoms with Crippen molar-refractivity contribution in [2.45, 2.75) is 13.3 Å². The number of nitrogen functional groups attached to an aromatic ring is 1. The molecule has 0 aliphatic carbocycles. The molecule has 2 rings (SSSR count). The molecule has 0 atom stereocenters. The Bertz CT molecular complexity index is 535. The number of anilines is 1. The van der Waals surface area contributed by atoms with E-state index < -0.39 is 0 Å². The SMILES string of the molecule is COCCc1ccc(Oc2ccc(N)cc2C)cc1. The highest BCUT2D eigenvalue weighted by molar-refractivity contribution is 5.48. The van der Waals surface area contributed by atoms with Gasteiger partial charge in [0.25, 0.3) is 0 Å². The molecule has 19 heavy (non-hydrogen) atoms. The molecule has 0 radical (unpaired) electrons. The quantitative estimate of drug-likeness (QED) is 0.833. The van der Waals surface area contributed by atoms with Crippen molar-refractivity contribution in [3.05, 3.63) is 53.6 Å². The number of methoxy groups -OCH3 is 1. The lowest BCUT2D eigenvalue weighted by Crippen LogP contribution is -1.94. The second-order valence-corrected chi connectivity index (χ2v) is 4.51. The summed E-state index contributed by atoms with van der Waals surface area (Å²) in [6.07, 6.45) is 0.914. The lowest BCUT2D eigenvalue weighted by Gasteiger charge is -2.10. The van der Waals surface area contributed by atoms with E-state index in [4.69, 9.17) is 15.2 Å². The van der Waals surface area contributed by atoms with Crippen LogP contribution in [-0.2, 0) is 11.2 Å². The lowest BCUT2D eigenvalue weighted by atomic mass is 10.1. The van der Waals surface area contributed by atoms with E-state index in [0.717, 1.165) is 35.8 Å². The topological polar surface area (TPSA) is 44.5 Å². The van der Waals surface area contributed by atoms with Crippen LogP contribution in [0.5, 0.6) is 11.5 Å². The van der Waals surface area contributed by atoms with Gasteiger partial charge in [0, 0.05) is 12.8 Å². The van der Waals surface area contributed by atoms with Crippen molar-refractivity contribution in [1.82, 2.24) is 0 Å². The number of benzene rings is 2. The maximum absolute atomic E-state index is 5.84. The first-order valence-corrected chi connectivity index (χ1v) is 6.31. The van der Waals surface area contributed by atoms with Gasteiger partial charge in [-0.25, -0.2) is 0 Å². The number of hydrogen-bond acceptors (Lipinski definition) is 3. The molecule has 100 valence electrons. The molecule has 2 aromatic carbocycles. The summed E-state index contributed by atoms with van der Waals surface area (Å²) in [6, 6.07) is 13.7. The standard InChI is InChI=1S/C16H19NO2/c1-12-11-14(17)5-8-16(12)19-15-6-3-13(4-7-15)9-10-18-2/h3-8,11H,9-10,17H2,1-2H3. The van der Waals surface area contributed by atoms with Gasteiger partial charge < -0.3 is 15.2 Å². The van der Waals surface area contributed by atoms with E-state index in [1.54, 1.807) is 7.11 Å². The third-order valence-electron chi connectivity index (χ3n) is 2.95. The largest absolute Gasteiger partial charge is 0.457 e. The predicted octanol–water partition coefficient (Wildman–Crippen LogP) is 3.56. The Labute approximate surface area is 114 Å². The molecule has 0 fully saturated rings. The molecule has 0 bridgehead atoms. The van der Waals surface area contributed by atoms with Gasteiger partial charge in [0.05, 0.1) is 6.61 Å². The molecule has 3 nitrogen and oxygen atoms in total. The minimum Gasteiger partial charge on any atom is -0.457 e. The number of hydrogen-bond donors (Lipinski definition) is 1. The Hall–Kier alpha value is -2.00. The second-order valence-electron chi connectivity index (χ2n) is 4.51. The molecular weight excluding hydrogens is 238 g/mol. The van der Waals surface area contributed by atoms with Crippen LogP contribution in [0.15, 0.2) is 42.5 Å². The van der Waals surface area contributed by atoms with Crippen LogP contribution in [0.25, 0.3) is 0 Å². The molecule has 0 saturated heterocycles. The van der Waals surface area contributed by atoms with E-state index in [1.807, 2.05) is 37.3 Å². The van der Waals surface area contributed by atoms with E-state index in [-0.39, 0.29) is 0 Å². The van der Waals surface area contributed by atoms with Gasteiger partial charge in [-0.15, -0.1) is 0 Å². The first kappa shape index (κ1) is 13.4. The van der Waals surface area contributed by atoms with Crippen LogP contribution in [0.1, 0.15) is 11.1 Å². The van der Waals surface area contributed by atoms with Crippen molar-refractivity contribution in [3.63, 3.8) is 0 Å². The molecular formula is C16H19NO2. The summed E-state index contributed by atoms with van der Waals surface area (Å²) < 4.78 is 10.9. The van der Waals surface area contributed by atoms with Crippen molar-refractivity contribution >= 4 is 5.69 Å². The molecule has 2 aromatic rings. The van der Waals surface area contributed by atoms with Gasteiger partial charge in [-0.3, -0.25) is 0 Å². The fourth-order valence-corrected chi connectivity index (χ4v) is 1.86. The van der Waals surface area contributed by atoms with E-state index in [0.29, 0.717) is 0 Å². The van der Waals surface area contributed by atoms with Crippen molar-refractivity contribution in [1.29, 1.82) is 0 Å². The molecule has 0 heterocycles. The van der Waals surface area contributed by atoms with Gasteiger partial charge in [0.15, 0.2) is 0 Å². The molecule has 0 spiro atoms. The van der Waals surface area contributed by atoms with Crippen LogP contribution >= 0.6 is 0 Å². The highest BCUT2D eigenvalue weighted by Gasteiger charge is 2.02. The van der Waals surface area contributed by atoms with Crippen LogP contribution in [0.3, 0.4) is 0 Å². The monoisotopic (exact) mass is 257 g/mol. The third kappa shape index (κ3) is 3.73. The van der Waals surface area contributed by atoms with Gasteiger partial charge in [0.1, 0.15) is 11.5 Å². The Morgan fingerprint density at radius 1 is 1.05 bits per heavy atom. The Balaban J connectivity index is 2.06. The van der Waals surface area contributed by atoms with Crippen molar-refractivity contribution < 1.29 is 9.47 Å². The summed E-state index contributed by atoms with van der Waals surface area (Å²) in [4.78, 5) is 0. The second kappa shape index (κ2) is 6.25. The summed E-state index contributed by atoms with van der Waals surface area (Å²) >= 11 is 0. The maximum atomic E-state index is 5.84. The van der Waals surface area contributed by atoms with Crippen molar-refractivity contribution in [3.8, 4) is 11.5 Å². The van der Waals surface area contributed by atoms with E-state index in [9.17, 15) is 0 Å². The van der Waals surface area contributed by atoms with Crippen molar-refractivity contribution in [2.24, 2.45) is 0 Å². The molecule has 0 aliphatic heterocycles. The van der Waals surface area contributed by atoms with E-state index >= 15 is 0 Å². The smallest absolute Gasteiger partial charge is 0.130 e. The first-order chi connectivity index (χ1) is 9.19. The highest BCUT2D eigenvalue weighted by Crippen LogP contribution is 2.26. The van der Waals surface area contributed by atoms with Gasteiger partial charge in [-0.2, -0.15) is 0 Å². The summed E-state index contributed by atoms with van der Waals surface area (Å²) in [5.74, 6) is 1.66. The van der Waals surface area contributed by atoms with Gasteiger partial charge >= 0.3 is 0 Å². The average Bonchev–Trinajstić information content (AvgIpc) is 2.41. The highest BCUT2D eigenvalue weighted by atomic mass is 16.5. The first-order valence-electron chi connectivity index (χ1n) is 6.31. The molecule has 3 heteroatoms. The zero-order valence-electron chi connectivity index (χ0n) is 11.3. The van der Waals surface area contributed by atoms with Crippen LogP contribution in [0, 0.1) is 6.92 Å². The van der Waals surface area contributed by atoms with Crippen LogP contribution < -0.4 is 10.5 Å². The van der Waals surface area contributed by atoms with Gasteiger partial charge in [-0.1, -0.05) is 12.1 Å². The zero-order chi connectivity index (χ0) is 13.7. The molecule has 0 saturated carbocycles. The number of rotatable bonds is 5. The Kier molecular flexibility index (Phi) is 4.42. The van der Waals surface area contributed by atoms with E-state index in [2.05, 4.69) is 12.1 Å². The van der Waals surface area contributed by atoms with Crippen LogP contribution in [-0.4, -0.2) is 13.7 Å². The average molecular weight is 257 g/mol. The maximum Gasteiger partial charge on any atom is 0.130 e. The molecule has 0 amide bonds. The minimum absolute atomic E-state index is 0.733. The van der Waals surface area contributed by atoms with Gasteiger partial charge in [0.2, 0.25) is 0 Å². The summed E-state index contributed by atoms with van der Waals surface area (Å²) in [5, 5.41) is 0. The number of aryl methyl sites for hydroxylation is 1. The number of ether oxygens (including phenoxy) is 2. The zero-order valence-corrected chi connectivity index (χ0v) is 11.3. The molecule has 0 aromatic heterocycles. The third-order valence-corrected chi connectivity index (χ3v) is 2.95. The van der Waals surface area contributed by atoms with E-state index in [1.165, 1.54) is 5.56 Å². The predicted molar refractivity (Wildman–Crippen MR) is 77.7 cm³/mol. The Morgan fingerprint density at radius 3 is 2.42 bits per heavy atom. The molecule has 0 aliphatic rings. The molecule has 2 N–H and O–H groups in total. The van der Waals surface area contributed by atoms with Gasteiger partial charge in [-0.05, 0) is 54.8 Å². The fourth-order valence-electron chi connectivity index (χ4n) is 1.86. The summed E-state index contributed by atoms with van der Waals surface area (Å²) in [7, 11) is 1.71. The summed E-state index contributed by atoms with van der Waals surface area (Å²) in [6.45, 7) is 2.72. The number of nitrogens with two attached hydrogens (primary N) is 1. The normalized spacial score (nSPS) is 10.4. The Morgan fingerprint density at radius 2 is 1.79 bits per heavy atom. The van der Waals surface area contributed by atoms with Crippen LogP contribution in [0.2, 0.25) is 0 Å². The van der Waals surface area contributed by atoms with Crippen molar-refractivity contribution in [2.75, 3.05) is 19.5 Å². The minimum atomic E-state index is 0.733. The molecule has 0 unspecified atom stereocenters. The fraction of sp³-hybridized carbons (Fsp3) is 0.250.